The molecule has 1 fully saturated rings. The SMILES string of the molecule is O=C1NC(=S)N(c2ccc(Br)cc2)C(=O)/C1=C\c1ccc2c(ccn2Cc2cccc(F)c2)c1. The molecule has 1 N–H and O–H groups in total. The predicted molar refractivity (Wildman–Crippen MR) is 138 cm³/mol. The normalized spacial score (nSPS) is 15.3. The lowest BCUT2D eigenvalue weighted by Gasteiger charge is -2.29. The third-order valence-electron chi connectivity index (χ3n) is 5.53. The summed E-state index contributed by atoms with van der Waals surface area (Å²) < 4.78 is 16.4. The zero-order valence-electron chi connectivity index (χ0n) is 17.7. The molecule has 0 bridgehead atoms. The average Bonchev–Trinajstić information content (AvgIpc) is 3.20. The molecule has 8 heteroatoms. The number of nitrogens with zero attached hydrogens (tertiary/aromatic N) is 2. The summed E-state index contributed by atoms with van der Waals surface area (Å²) in [6, 6.07) is 21.2. The number of anilines is 1. The van der Waals surface area contributed by atoms with E-state index in [1.807, 2.05) is 41.1 Å². The molecule has 0 radical (unpaired) electrons. The maximum Gasteiger partial charge on any atom is 0.270 e. The number of benzene rings is 3. The number of rotatable bonds is 4. The highest BCUT2D eigenvalue weighted by Crippen LogP contribution is 2.25. The Balaban J connectivity index is 1.45. The molecule has 1 aliphatic rings. The molecule has 168 valence electrons. The lowest BCUT2D eigenvalue weighted by molar-refractivity contribution is -0.122. The number of thiocarbonyl (C=S) groups is 1. The Hall–Kier alpha value is -3.62. The highest BCUT2D eigenvalue weighted by molar-refractivity contribution is 9.10. The molecule has 34 heavy (non-hydrogen) atoms. The van der Waals surface area contributed by atoms with Crippen molar-refractivity contribution < 1.29 is 14.0 Å². The number of carbonyl (C=O) groups excluding carboxylic acids is 2. The van der Waals surface area contributed by atoms with E-state index in [1.165, 1.54) is 17.0 Å². The minimum atomic E-state index is -0.535. The number of aromatic nitrogens is 1. The van der Waals surface area contributed by atoms with Gasteiger partial charge >= 0.3 is 0 Å². The molecular formula is C26H17BrFN3O2S. The van der Waals surface area contributed by atoms with E-state index in [0.29, 0.717) is 17.8 Å². The van der Waals surface area contributed by atoms with Crippen LogP contribution in [-0.4, -0.2) is 21.5 Å². The molecule has 0 aliphatic carbocycles. The van der Waals surface area contributed by atoms with Gasteiger partial charge in [0.15, 0.2) is 5.11 Å². The molecule has 1 saturated heterocycles. The second-order valence-corrected chi connectivity index (χ2v) is 9.13. The number of halogens is 2. The van der Waals surface area contributed by atoms with E-state index in [9.17, 15) is 14.0 Å². The summed E-state index contributed by atoms with van der Waals surface area (Å²) in [5, 5.41) is 3.58. The van der Waals surface area contributed by atoms with Crippen LogP contribution in [0.15, 0.2) is 89.0 Å². The van der Waals surface area contributed by atoms with Gasteiger partial charge in [0.2, 0.25) is 0 Å². The third-order valence-corrected chi connectivity index (χ3v) is 6.35. The van der Waals surface area contributed by atoms with Crippen molar-refractivity contribution in [1.29, 1.82) is 0 Å². The quantitative estimate of drug-likeness (QED) is 0.216. The average molecular weight is 534 g/mol. The van der Waals surface area contributed by atoms with Gasteiger partial charge < -0.3 is 4.57 Å². The number of hydrogen-bond acceptors (Lipinski definition) is 3. The minimum Gasteiger partial charge on any atom is -0.343 e. The van der Waals surface area contributed by atoms with Gasteiger partial charge in [0.05, 0.1) is 5.69 Å². The van der Waals surface area contributed by atoms with E-state index in [1.54, 1.807) is 36.4 Å². The zero-order valence-corrected chi connectivity index (χ0v) is 20.1. The van der Waals surface area contributed by atoms with Crippen LogP contribution in [0.3, 0.4) is 0 Å². The summed E-state index contributed by atoms with van der Waals surface area (Å²) in [6.07, 6.45) is 3.49. The van der Waals surface area contributed by atoms with Gasteiger partial charge in [-0.25, -0.2) is 4.39 Å². The molecule has 5 nitrogen and oxygen atoms in total. The summed E-state index contributed by atoms with van der Waals surface area (Å²) in [6.45, 7) is 0.530. The van der Waals surface area contributed by atoms with Crippen molar-refractivity contribution in [2.75, 3.05) is 4.90 Å². The molecule has 0 unspecified atom stereocenters. The van der Waals surface area contributed by atoms with Crippen molar-refractivity contribution in [3.8, 4) is 0 Å². The van der Waals surface area contributed by atoms with Crippen molar-refractivity contribution in [2.45, 2.75) is 6.54 Å². The Morgan fingerprint density at radius 2 is 1.79 bits per heavy atom. The molecule has 2 amide bonds. The molecule has 1 aliphatic heterocycles. The largest absolute Gasteiger partial charge is 0.343 e. The number of hydrogen-bond donors (Lipinski definition) is 1. The molecule has 0 atom stereocenters. The molecule has 4 aromatic rings. The summed E-state index contributed by atoms with van der Waals surface area (Å²) in [4.78, 5) is 27.1. The van der Waals surface area contributed by atoms with Gasteiger partial charge in [-0.15, -0.1) is 0 Å². The molecule has 5 rings (SSSR count). The summed E-state index contributed by atoms with van der Waals surface area (Å²) in [7, 11) is 0. The van der Waals surface area contributed by atoms with Crippen LogP contribution in [0, 0.1) is 5.82 Å². The van der Waals surface area contributed by atoms with Gasteiger partial charge in [-0.05, 0) is 84.0 Å². The fourth-order valence-corrected chi connectivity index (χ4v) is 4.47. The molecule has 0 spiro atoms. The fourth-order valence-electron chi connectivity index (χ4n) is 3.93. The Kier molecular flexibility index (Phi) is 5.85. The van der Waals surface area contributed by atoms with E-state index in [4.69, 9.17) is 12.2 Å². The summed E-state index contributed by atoms with van der Waals surface area (Å²) in [5.74, 6) is -1.29. The second kappa shape index (κ2) is 8.96. The van der Waals surface area contributed by atoms with Crippen LogP contribution in [0.5, 0.6) is 0 Å². The van der Waals surface area contributed by atoms with Crippen LogP contribution in [0.25, 0.3) is 17.0 Å². The predicted octanol–water partition coefficient (Wildman–Crippen LogP) is 5.42. The van der Waals surface area contributed by atoms with E-state index in [-0.39, 0.29) is 16.5 Å². The van der Waals surface area contributed by atoms with Crippen LogP contribution in [0.2, 0.25) is 0 Å². The van der Waals surface area contributed by atoms with Crippen molar-refractivity contribution in [3.05, 3.63) is 106 Å². The number of carbonyl (C=O) groups is 2. The van der Waals surface area contributed by atoms with Gasteiger partial charge in [-0.2, -0.15) is 0 Å². The van der Waals surface area contributed by atoms with Gasteiger partial charge in [-0.3, -0.25) is 19.8 Å². The number of fused-ring (bicyclic) bond motifs is 1. The molecule has 3 aromatic carbocycles. The smallest absolute Gasteiger partial charge is 0.270 e. The first-order chi connectivity index (χ1) is 16.4. The first-order valence-corrected chi connectivity index (χ1v) is 11.6. The van der Waals surface area contributed by atoms with Gasteiger partial charge in [0.1, 0.15) is 11.4 Å². The van der Waals surface area contributed by atoms with Crippen LogP contribution in [0.1, 0.15) is 11.1 Å². The van der Waals surface area contributed by atoms with Crippen LogP contribution in [0.4, 0.5) is 10.1 Å². The lowest BCUT2D eigenvalue weighted by atomic mass is 10.1. The second-order valence-electron chi connectivity index (χ2n) is 7.83. The van der Waals surface area contributed by atoms with Crippen LogP contribution >= 0.6 is 28.1 Å². The number of nitrogens with one attached hydrogen (secondary N) is 1. The third kappa shape index (κ3) is 4.30. The highest BCUT2D eigenvalue weighted by atomic mass is 79.9. The van der Waals surface area contributed by atoms with Gasteiger partial charge in [0, 0.05) is 28.1 Å². The molecule has 1 aromatic heterocycles. The zero-order chi connectivity index (χ0) is 23.8. The number of amides is 2. The molecule has 2 heterocycles. The maximum absolute atomic E-state index is 13.5. The molecular weight excluding hydrogens is 517 g/mol. The van der Waals surface area contributed by atoms with Crippen molar-refractivity contribution in [3.63, 3.8) is 0 Å². The van der Waals surface area contributed by atoms with Crippen molar-refractivity contribution >= 4 is 67.7 Å². The molecule has 0 saturated carbocycles. The van der Waals surface area contributed by atoms with Gasteiger partial charge in [-0.1, -0.05) is 34.1 Å². The summed E-state index contributed by atoms with van der Waals surface area (Å²) >= 11 is 8.62. The minimum absolute atomic E-state index is 0.00457. The standard InChI is InChI=1S/C26H17BrFN3O2S/c27-19-5-7-21(8-6-19)31-25(33)22(24(32)29-26(31)34)14-16-4-9-23-18(12-16)10-11-30(23)15-17-2-1-3-20(28)13-17/h1-14H,15H2,(H,29,32,34)/b22-14-. The van der Waals surface area contributed by atoms with Crippen molar-refractivity contribution in [1.82, 2.24) is 9.88 Å². The Morgan fingerprint density at radius 1 is 1.00 bits per heavy atom. The van der Waals surface area contributed by atoms with Gasteiger partial charge in [0.25, 0.3) is 11.8 Å². The topological polar surface area (TPSA) is 54.3 Å². The monoisotopic (exact) mass is 533 g/mol. The van der Waals surface area contributed by atoms with E-state index in [2.05, 4.69) is 21.2 Å². The fraction of sp³-hybridized carbons (Fsp3) is 0.0385. The van der Waals surface area contributed by atoms with E-state index >= 15 is 0 Å². The first-order valence-electron chi connectivity index (χ1n) is 10.4. The first kappa shape index (κ1) is 22.2. The highest BCUT2D eigenvalue weighted by Gasteiger charge is 2.34. The Bertz CT molecular complexity index is 1490. The Morgan fingerprint density at radius 3 is 2.56 bits per heavy atom. The summed E-state index contributed by atoms with van der Waals surface area (Å²) in [5.41, 5.74) is 3.09. The van der Waals surface area contributed by atoms with Crippen LogP contribution < -0.4 is 10.2 Å². The maximum atomic E-state index is 13.5. The van der Waals surface area contributed by atoms with E-state index < -0.39 is 11.8 Å². The lowest BCUT2D eigenvalue weighted by Crippen LogP contribution is -2.54. The van der Waals surface area contributed by atoms with Crippen molar-refractivity contribution in [2.24, 2.45) is 0 Å². The van der Waals surface area contributed by atoms with Crippen LogP contribution in [-0.2, 0) is 16.1 Å². The Labute approximate surface area is 208 Å². The van der Waals surface area contributed by atoms with E-state index in [0.717, 1.165) is 20.9 Å².